The van der Waals surface area contributed by atoms with Gasteiger partial charge in [-0.3, -0.25) is 14.2 Å². The Balaban J connectivity index is 1.70. The van der Waals surface area contributed by atoms with Crippen molar-refractivity contribution < 1.29 is 13.6 Å². The van der Waals surface area contributed by atoms with E-state index in [1.54, 1.807) is 19.2 Å². The SMILES string of the molecule is Cc1cccc2c(=O)n(C)c(CCC(=O)NCc3cc(F)ccc3F)nc12. The number of halogens is 2. The summed E-state index contributed by atoms with van der Waals surface area (Å²) >= 11 is 0. The molecule has 3 rings (SSSR count). The average molecular weight is 371 g/mol. The van der Waals surface area contributed by atoms with E-state index in [9.17, 15) is 18.4 Å². The van der Waals surface area contributed by atoms with E-state index in [2.05, 4.69) is 10.3 Å². The van der Waals surface area contributed by atoms with E-state index in [4.69, 9.17) is 0 Å². The first-order chi connectivity index (χ1) is 12.9. The predicted octanol–water partition coefficient (Wildman–Crippen LogP) is 2.77. The van der Waals surface area contributed by atoms with E-state index < -0.39 is 11.6 Å². The molecule has 0 saturated carbocycles. The zero-order valence-corrected chi connectivity index (χ0v) is 15.1. The number of nitrogens with zero attached hydrogens (tertiary/aromatic N) is 2. The molecule has 0 unspecified atom stereocenters. The Bertz CT molecular complexity index is 1080. The van der Waals surface area contributed by atoms with Crippen molar-refractivity contribution in [1.82, 2.24) is 14.9 Å². The van der Waals surface area contributed by atoms with Crippen molar-refractivity contribution in [3.8, 4) is 0 Å². The minimum absolute atomic E-state index is 0.0780. The van der Waals surface area contributed by atoms with E-state index in [1.807, 2.05) is 13.0 Å². The van der Waals surface area contributed by atoms with Crippen molar-refractivity contribution >= 4 is 16.8 Å². The van der Waals surface area contributed by atoms with Crippen LogP contribution in [0.5, 0.6) is 0 Å². The highest BCUT2D eigenvalue weighted by molar-refractivity contribution is 5.81. The molecule has 1 amide bonds. The first-order valence-corrected chi connectivity index (χ1v) is 8.52. The number of para-hydroxylation sites is 1. The molecule has 0 aliphatic carbocycles. The van der Waals surface area contributed by atoms with Gasteiger partial charge in [-0.2, -0.15) is 0 Å². The fourth-order valence-electron chi connectivity index (χ4n) is 2.89. The van der Waals surface area contributed by atoms with Gasteiger partial charge in [0.15, 0.2) is 0 Å². The van der Waals surface area contributed by atoms with Crippen LogP contribution in [0, 0.1) is 18.6 Å². The molecule has 1 aromatic heterocycles. The third kappa shape index (κ3) is 4.02. The number of hydrogen-bond donors (Lipinski definition) is 1. The molecule has 2 aromatic carbocycles. The number of aryl methyl sites for hydroxylation is 2. The topological polar surface area (TPSA) is 64.0 Å². The van der Waals surface area contributed by atoms with Crippen LogP contribution in [0.2, 0.25) is 0 Å². The van der Waals surface area contributed by atoms with Crippen LogP contribution < -0.4 is 10.9 Å². The summed E-state index contributed by atoms with van der Waals surface area (Å²) in [5.41, 5.74) is 1.42. The van der Waals surface area contributed by atoms with Gasteiger partial charge in [-0.25, -0.2) is 13.8 Å². The Morgan fingerprint density at radius 2 is 2.00 bits per heavy atom. The molecule has 7 heteroatoms. The minimum Gasteiger partial charge on any atom is -0.352 e. The summed E-state index contributed by atoms with van der Waals surface area (Å²) in [5, 5.41) is 3.09. The standard InChI is InChI=1S/C20H19F2N3O2/c1-12-4-3-5-15-19(12)24-17(25(2)20(15)27)8-9-18(26)23-11-13-10-14(21)6-7-16(13)22/h3-7,10H,8-9,11H2,1-2H3,(H,23,26). The van der Waals surface area contributed by atoms with Crippen molar-refractivity contribution in [2.24, 2.45) is 7.05 Å². The predicted molar refractivity (Wildman–Crippen MR) is 98.2 cm³/mol. The minimum atomic E-state index is -0.578. The molecule has 0 aliphatic rings. The molecule has 1 heterocycles. The lowest BCUT2D eigenvalue weighted by molar-refractivity contribution is -0.121. The molecule has 27 heavy (non-hydrogen) atoms. The summed E-state index contributed by atoms with van der Waals surface area (Å²) in [6, 6.07) is 8.50. The quantitative estimate of drug-likeness (QED) is 0.750. The number of amides is 1. The number of carbonyl (C=O) groups is 1. The highest BCUT2D eigenvalue weighted by atomic mass is 19.1. The number of hydrogen-bond acceptors (Lipinski definition) is 3. The zero-order chi connectivity index (χ0) is 19.6. The van der Waals surface area contributed by atoms with Crippen LogP contribution in [0.3, 0.4) is 0 Å². The molecule has 140 valence electrons. The van der Waals surface area contributed by atoms with E-state index in [0.29, 0.717) is 16.7 Å². The maximum Gasteiger partial charge on any atom is 0.261 e. The second kappa shape index (κ2) is 7.65. The van der Waals surface area contributed by atoms with Crippen molar-refractivity contribution in [2.75, 3.05) is 0 Å². The van der Waals surface area contributed by atoms with Crippen LogP contribution in [0.4, 0.5) is 8.78 Å². The smallest absolute Gasteiger partial charge is 0.261 e. The average Bonchev–Trinajstić information content (AvgIpc) is 2.65. The molecule has 0 fully saturated rings. The molecule has 0 spiro atoms. The Labute approximate surface area is 154 Å². The van der Waals surface area contributed by atoms with Crippen LogP contribution in [0.15, 0.2) is 41.2 Å². The molecule has 5 nitrogen and oxygen atoms in total. The molecule has 1 N–H and O–H groups in total. The summed E-state index contributed by atoms with van der Waals surface area (Å²) in [6.07, 6.45) is 0.335. The molecule has 0 aliphatic heterocycles. The molecular formula is C20H19F2N3O2. The summed E-state index contributed by atoms with van der Waals surface area (Å²) in [4.78, 5) is 29.1. The molecule has 0 radical (unpaired) electrons. The third-order valence-electron chi connectivity index (χ3n) is 4.46. The zero-order valence-electron chi connectivity index (χ0n) is 15.1. The number of benzene rings is 2. The fraction of sp³-hybridized carbons (Fsp3) is 0.250. The second-order valence-corrected chi connectivity index (χ2v) is 6.38. The van der Waals surface area contributed by atoms with E-state index in [0.717, 1.165) is 23.8 Å². The van der Waals surface area contributed by atoms with Gasteiger partial charge in [0.05, 0.1) is 10.9 Å². The fourth-order valence-corrected chi connectivity index (χ4v) is 2.89. The second-order valence-electron chi connectivity index (χ2n) is 6.38. The lowest BCUT2D eigenvalue weighted by Gasteiger charge is -2.11. The van der Waals surface area contributed by atoms with E-state index >= 15 is 0 Å². The van der Waals surface area contributed by atoms with Gasteiger partial charge in [-0.15, -0.1) is 0 Å². The van der Waals surface area contributed by atoms with Crippen LogP contribution in [-0.2, 0) is 24.8 Å². The largest absolute Gasteiger partial charge is 0.352 e. The van der Waals surface area contributed by atoms with Crippen LogP contribution in [0.1, 0.15) is 23.4 Å². The van der Waals surface area contributed by atoms with Crippen LogP contribution in [-0.4, -0.2) is 15.5 Å². The van der Waals surface area contributed by atoms with Gasteiger partial charge in [-0.05, 0) is 36.8 Å². The summed E-state index contributed by atoms with van der Waals surface area (Å²) in [6.45, 7) is 1.77. The van der Waals surface area contributed by atoms with Crippen molar-refractivity contribution in [1.29, 1.82) is 0 Å². The summed E-state index contributed by atoms with van der Waals surface area (Å²) in [7, 11) is 1.62. The van der Waals surface area contributed by atoms with Crippen LogP contribution in [0.25, 0.3) is 10.9 Å². The van der Waals surface area contributed by atoms with Gasteiger partial charge >= 0.3 is 0 Å². The monoisotopic (exact) mass is 371 g/mol. The van der Waals surface area contributed by atoms with Crippen molar-refractivity contribution in [3.63, 3.8) is 0 Å². The lowest BCUT2D eigenvalue weighted by Crippen LogP contribution is -2.26. The maximum atomic E-state index is 13.6. The normalized spacial score (nSPS) is 11.0. The molecule has 0 bridgehead atoms. The summed E-state index contributed by atoms with van der Waals surface area (Å²) in [5.74, 6) is -0.983. The maximum absolute atomic E-state index is 13.6. The molecular weight excluding hydrogens is 352 g/mol. The van der Waals surface area contributed by atoms with Crippen LogP contribution >= 0.6 is 0 Å². The van der Waals surface area contributed by atoms with E-state index in [-0.39, 0.29) is 36.4 Å². The molecule has 3 aromatic rings. The number of nitrogens with one attached hydrogen (secondary N) is 1. The van der Waals surface area contributed by atoms with Gasteiger partial charge in [0.1, 0.15) is 17.5 Å². The highest BCUT2D eigenvalue weighted by Crippen LogP contribution is 2.14. The molecule has 0 saturated heterocycles. The first kappa shape index (κ1) is 18.7. The molecule has 0 atom stereocenters. The van der Waals surface area contributed by atoms with Gasteiger partial charge in [0, 0.05) is 32.0 Å². The van der Waals surface area contributed by atoms with Gasteiger partial charge in [0.2, 0.25) is 5.91 Å². The van der Waals surface area contributed by atoms with E-state index in [1.165, 1.54) is 4.57 Å². The lowest BCUT2D eigenvalue weighted by atomic mass is 10.1. The number of rotatable bonds is 5. The van der Waals surface area contributed by atoms with Crippen molar-refractivity contribution in [3.05, 3.63) is 75.3 Å². The number of aromatic nitrogens is 2. The highest BCUT2D eigenvalue weighted by Gasteiger charge is 2.12. The number of carbonyl (C=O) groups excluding carboxylic acids is 1. The Morgan fingerprint density at radius 3 is 2.78 bits per heavy atom. The van der Waals surface area contributed by atoms with Gasteiger partial charge in [-0.1, -0.05) is 12.1 Å². The number of fused-ring (bicyclic) bond motifs is 1. The first-order valence-electron chi connectivity index (χ1n) is 8.52. The van der Waals surface area contributed by atoms with Crippen molar-refractivity contribution in [2.45, 2.75) is 26.3 Å². The third-order valence-corrected chi connectivity index (χ3v) is 4.46. The van der Waals surface area contributed by atoms with Gasteiger partial charge < -0.3 is 5.32 Å². The van der Waals surface area contributed by atoms with Gasteiger partial charge in [0.25, 0.3) is 5.56 Å². The Morgan fingerprint density at radius 1 is 1.22 bits per heavy atom. The Kier molecular flexibility index (Phi) is 5.30. The summed E-state index contributed by atoms with van der Waals surface area (Å²) < 4.78 is 28.2. The Hall–Kier alpha value is -3.09.